The van der Waals surface area contributed by atoms with E-state index in [0.717, 1.165) is 30.2 Å². The smallest absolute Gasteiger partial charge is 0.229 e. The third-order valence-electron chi connectivity index (χ3n) is 4.49. The van der Waals surface area contributed by atoms with Gasteiger partial charge in [-0.15, -0.1) is 10.2 Å². The van der Waals surface area contributed by atoms with Gasteiger partial charge in [0.1, 0.15) is 5.75 Å². The number of hydrogen-bond donors (Lipinski definition) is 1. The molecule has 1 fully saturated rings. The summed E-state index contributed by atoms with van der Waals surface area (Å²) in [5, 5.41) is 11.0. The normalized spacial score (nSPS) is 14.0. The molecule has 2 heterocycles. The zero-order valence-electron chi connectivity index (χ0n) is 15.5. The lowest BCUT2D eigenvalue weighted by molar-refractivity contribution is -0.129. The van der Waals surface area contributed by atoms with Crippen molar-refractivity contribution in [3.05, 3.63) is 42.0 Å². The van der Waals surface area contributed by atoms with Crippen molar-refractivity contribution in [2.75, 3.05) is 43.5 Å². The number of aromatic nitrogens is 2. The largest absolute Gasteiger partial charge is 0.497 e. The summed E-state index contributed by atoms with van der Waals surface area (Å²) in [6.07, 6.45) is 0.250. The van der Waals surface area contributed by atoms with Gasteiger partial charge in [-0.25, -0.2) is 0 Å². The number of rotatable bonds is 5. The Labute approximate surface area is 158 Å². The van der Waals surface area contributed by atoms with E-state index in [1.165, 1.54) is 0 Å². The van der Waals surface area contributed by atoms with Crippen LogP contribution in [0, 0.1) is 0 Å². The van der Waals surface area contributed by atoms with Gasteiger partial charge in [-0.1, -0.05) is 12.1 Å². The fourth-order valence-corrected chi connectivity index (χ4v) is 2.93. The number of ether oxygens (including phenoxy) is 1. The highest BCUT2D eigenvalue weighted by Gasteiger charge is 2.19. The maximum Gasteiger partial charge on any atom is 0.229 e. The van der Waals surface area contributed by atoms with Gasteiger partial charge in [-0.2, -0.15) is 0 Å². The fraction of sp³-hybridized carbons (Fsp3) is 0.368. The van der Waals surface area contributed by atoms with E-state index in [0.29, 0.717) is 18.9 Å². The summed E-state index contributed by atoms with van der Waals surface area (Å²) in [5.41, 5.74) is 0.890. The van der Waals surface area contributed by atoms with Crippen molar-refractivity contribution >= 4 is 23.5 Å². The van der Waals surface area contributed by atoms with Crippen molar-refractivity contribution < 1.29 is 14.3 Å². The summed E-state index contributed by atoms with van der Waals surface area (Å²) in [7, 11) is 1.60. The first-order valence-corrected chi connectivity index (χ1v) is 8.82. The third kappa shape index (κ3) is 4.93. The van der Waals surface area contributed by atoms with Gasteiger partial charge in [-0.05, 0) is 29.8 Å². The molecule has 27 heavy (non-hydrogen) atoms. The monoisotopic (exact) mass is 369 g/mol. The Kier molecular flexibility index (Phi) is 5.85. The van der Waals surface area contributed by atoms with E-state index in [2.05, 4.69) is 20.4 Å². The second kappa shape index (κ2) is 8.48. The average molecular weight is 369 g/mol. The molecule has 1 aliphatic heterocycles. The number of carbonyl (C=O) groups is 2. The molecule has 0 spiro atoms. The van der Waals surface area contributed by atoms with Gasteiger partial charge >= 0.3 is 0 Å². The van der Waals surface area contributed by atoms with E-state index in [4.69, 9.17) is 4.74 Å². The zero-order chi connectivity index (χ0) is 19.2. The summed E-state index contributed by atoms with van der Waals surface area (Å²) in [5.74, 6) is 1.85. The molecule has 8 nitrogen and oxygen atoms in total. The molecule has 1 saturated heterocycles. The topological polar surface area (TPSA) is 87.7 Å². The van der Waals surface area contributed by atoms with Crippen LogP contribution in [0.4, 0.5) is 11.6 Å². The zero-order valence-corrected chi connectivity index (χ0v) is 15.5. The molecule has 0 unspecified atom stereocenters. The molecule has 1 N–H and O–H groups in total. The van der Waals surface area contributed by atoms with Crippen LogP contribution in [0.15, 0.2) is 36.4 Å². The lowest BCUT2D eigenvalue weighted by Crippen LogP contribution is -2.48. The SMILES string of the molecule is COc1ccc(CC(=O)Nc2ccc(N3CCN(C(C)=O)CC3)nn2)cc1. The quantitative estimate of drug-likeness (QED) is 0.856. The number of hydrogen-bond acceptors (Lipinski definition) is 6. The first-order valence-electron chi connectivity index (χ1n) is 8.82. The van der Waals surface area contributed by atoms with E-state index in [1.807, 2.05) is 35.2 Å². The van der Waals surface area contributed by atoms with E-state index in [-0.39, 0.29) is 18.2 Å². The number of methoxy groups -OCH3 is 1. The predicted octanol–water partition coefficient (Wildman–Crippen LogP) is 1.33. The van der Waals surface area contributed by atoms with Crippen LogP contribution < -0.4 is 15.0 Å². The van der Waals surface area contributed by atoms with Crippen LogP contribution in [0.2, 0.25) is 0 Å². The van der Waals surface area contributed by atoms with Crippen LogP contribution in [-0.4, -0.2) is 60.2 Å². The van der Waals surface area contributed by atoms with Gasteiger partial charge in [-0.3, -0.25) is 9.59 Å². The molecule has 2 aromatic rings. The molecule has 1 aromatic heterocycles. The van der Waals surface area contributed by atoms with E-state index >= 15 is 0 Å². The Morgan fingerprint density at radius 1 is 1.04 bits per heavy atom. The number of piperazine rings is 1. The molecular formula is C19H23N5O3. The van der Waals surface area contributed by atoms with Gasteiger partial charge in [0, 0.05) is 33.1 Å². The molecule has 0 aliphatic carbocycles. The minimum Gasteiger partial charge on any atom is -0.497 e. The lowest BCUT2D eigenvalue weighted by Gasteiger charge is -2.34. The predicted molar refractivity (Wildman–Crippen MR) is 102 cm³/mol. The summed E-state index contributed by atoms with van der Waals surface area (Å²) in [6, 6.07) is 10.9. The lowest BCUT2D eigenvalue weighted by atomic mass is 10.1. The van der Waals surface area contributed by atoms with E-state index in [9.17, 15) is 9.59 Å². The van der Waals surface area contributed by atoms with Crippen LogP contribution in [-0.2, 0) is 16.0 Å². The number of nitrogens with zero attached hydrogens (tertiary/aromatic N) is 4. The number of benzene rings is 1. The van der Waals surface area contributed by atoms with E-state index in [1.54, 1.807) is 20.1 Å². The molecular weight excluding hydrogens is 346 g/mol. The first-order chi connectivity index (χ1) is 13.0. The number of amides is 2. The van der Waals surface area contributed by atoms with Crippen LogP contribution in [0.5, 0.6) is 5.75 Å². The second-order valence-corrected chi connectivity index (χ2v) is 6.34. The Bertz CT molecular complexity index is 784. The maximum absolute atomic E-state index is 12.2. The van der Waals surface area contributed by atoms with Crippen molar-refractivity contribution in [1.82, 2.24) is 15.1 Å². The summed E-state index contributed by atoms with van der Waals surface area (Å²) in [6.45, 7) is 4.38. The Hall–Kier alpha value is -3.16. The highest BCUT2D eigenvalue weighted by Crippen LogP contribution is 2.15. The highest BCUT2D eigenvalue weighted by molar-refractivity contribution is 5.91. The molecule has 8 heteroatoms. The van der Waals surface area contributed by atoms with E-state index < -0.39 is 0 Å². The van der Waals surface area contributed by atoms with Crippen molar-refractivity contribution in [2.24, 2.45) is 0 Å². The second-order valence-electron chi connectivity index (χ2n) is 6.34. The number of nitrogens with one attached hydrogen (secondary N) is 1. The summed E-state index contributed by atoms with van der Waals surface area (Å²) < 4.78 is 5.11. The van der Waals surface area contributed by atoms with Crippen molar-refractivity contribution in [3.63, 3.8) is 0 Å². The average Bonchev–Trinajstić information content (AvgIpc) is 2.69. The molecule has 142 valence electrons. The Morgan fingerprint density at radius 2 is 1.74 bits per heavy atom. The molecule has 0 saturated carbocycles. The summed E-state index contributed by atoms with van der Waals surface area (Å²) >= 11 is 0. The van der Waals surface area contributed by atoms with Gasteiger partial charge in [0.25, 0.3) is 0 Å². The number of carbonyl (C=O) groups excluding carboxylic acids is 2. The Balaban J connectivity index is 1.52. The molecule has 3 rings (SSSR count). The highest BCUT2D eigenvalue weighted by atomic mass is 16.5. The maximum atomic E-state index is 12.2. The van der Waals surface area contributed by atoms with Gasteiger partial charge in [0.2, 0.25) is 11.8 Å². The molecule has 0 atom stereocenters. The van der Waals surface area contributed by atoms with Crippen LogP contribution in [0.25, 0.3) is 0 Å². The molecule has 1 aliphatic rings. The van der Waals surface area contributed by atoms with Crippen molar-refractivity contribution in [1.29, 1.82) is 0 Å². The van der Waals surface area contributed by atoms with Crippen LogP contribution in [0.1, 0.15) is 12.5 Å². The standard InChI is InChI=1S/C19H23N5O3/c1-14(25)23-9-11-24(12-10-23)18-8-7-17(21-22-18)20-19(26)13-15-3-5-16(27-2)6-4-15/h3-8H,9-13H2,1-2H3,(H,20,21,26). The minimum atomic E-state index is -0.155. The van der Waals surface area contributed by atoms with Gasteiger partial charge in [0.05, 0.1) is 13.5 Å². The molecule has 0 radical (unpaired) electrons. The van der Waals surface area contributed by atoms with Crippen LogP contribution in [0.3, 0.4) is 0 Å². The minimum absolute atomic E-state index is 0.0932. The number of anilines is 2. The van der Waals surface area contributed by atoms with Crippen LogP contribution >= 0.6 is 0 Å². The fourth-order valence-electron chi connectivity index (χ4n) is 2.93. The molecule has 0 bridgehead atoms. The first kappa shape index (κ1) is 18.6. The molecule has 1 aromatic carbocycles. The molecule has 2 amide bonds. The van der Waals surface area contributed by atoms with Crippen molar-refractivity contribution in [2.45, 2.75) is 13.3 Å². The Morgan fingerprint density at radius 3 is 2.30 bits per heavy atom. The third-order valence-corrected chi connectivity index (χ3v) is 4.49. The summed E-state index contributed by atoms with van der Waals surface area (Å²) in [4.78, 5) is 27.4. The van der Waals surface area contributed by atoms with Gasteiger partial charge < -0.3 is 19.9 Å². The van der Waals surface area contributed by atoms with Crippen molar-refractivity contribution in [3.8, 4) is 5.75 Å². The van der Waals surface area contributed by atoms with Gasteiger partial charge in [0.15, 0.2) is 11.6 Å².